The molecule has 5 rings (SSSR count). The third kappa shape index (κ3) is 5.48. The molecule has 5 aliphatic heterocycles. The van der Waals surface area contributed by atoms with Crippen LogP contribution in [-0.2, 0) is 9.59 Å². The van der Waals surface area contributed by atoms with Gasteiger partial charge < -0.3 is 31.5 Å². The largest absolute Gasteiger partial charge is 0.351 e. The number of nitrogens with zero attached hydrogens (tertiary/aromatic N) is 3. The van der Waals surface area contributed by atoms with Crippen LogP contribution in [0.5, 0.6) is 0 Å². The van der Waals surface area contributed by atoms with Crippen LogP contribution in [0.4, 0.5) is 4.39 Å². The van der Waals surface area contributed by atoms with Crippen LogP contribution in [0.1, 0.15) is 19.3 Å². The maximum atomic E-state index is 13.8. The lowest BCUT2D eigenvalue weighted by molar-refractivity contribution is -0.136. The maximum absolute atomic E-state index is 13.8. The van der Waals surface area contributed by atoms with Crippen LogP contribution >= 0.6 is 0 Å². The third-order valence-corrected chi connectivity index (χ3v) is 8.66. The van der Waals surface area contributed by atoms with Crippen molar-refractivity contribution in [3.63, 3.8) is 0 Å². The second-order valence-corrected chi connectivity index (χ2v) is 11.0. The number of halogens is 1. The lowest BCUT2D eigenvalue weighted by atomic mass is 9.76. The first kappa shape index (κ1) is 25.2. The zero-order chi connectivity index (χ0) is 24.5. The Morgan fingerprint density at radius 3 is 2.57 bits per heavy atom. The minimum Gasteiger partial charge on any atom is -0.351 e. The number of alkyl halides is 1. The van der Waals surface area contributed by atoms with Crippen LogP contribution in [0.15, 0.2) is 0 Å². The Labute approximate surface area is 207 Å². The van der Waals surface area contributed by atoms with Gasteiger partial charge in [-0.1, -0.05) is 0 Å². The van der Waals surface area contributed by atoms with Gasteiger partial charge in [-0.3, -0.25) is 14.9 Å². The Morgan fingerprint density at radius 1 is 1.03 bits per heavy atom. The van der Waals surface area contributed by atoms with E-state index in [4.69, 9.17) is 5.73 Å². The van der Waals surface area contributed by atoms with E-state index in [9.17, 15) is 14.0 Å². The quantitative estimate of drug-likeness (QED) is 0.245. The van der Waals surface area contributed by atoms with Gasteiger partial charge in [-0.15, -0.1) is 0 Å². The molecule has 8 atom stereocenters. The molecule has 0 spiro atoms. The fourth-order valence-electron chi connectivity index (χ4n) is 6.56. The van der Waals surface area contributed by atoms with Crippen molar-refractivity contribution in [1.82, 2.24) is 41.5 Å². The summed E-state index contributed by atoms with van der Waals surface area (Å²) in [6, 6.07) is -0.0960. The normalized spacial score (nSPS) is 41.4. The average Bonchev–Trinajstić information content (AvgIpc) is 3.19. The van der Waals surface area contributed by atoms with Crippen molar-refractivity contribution in [3.8, 4) is 0 Å². The molecule has 35 heavy (non-hydrogen) atoms. The fourth-order valence-corrected chi connectivity index (χ4v) is 6.56. The molecule has 5 fully saturated rings. The minimum absolute atomic E-state index is 0.00620. The first-order valence-electron chi connectivity index (χ1n) is 13.3. The summed E-state index contributed by atoms with van der Waals surface area (Å²) in [7, 11) is 2.09. The van der Waals surface area contributed by atoms with Crippen LogP contribution < -0.4 is 32.4 Å². The Bertz CT molecular complexity index is 759. The summed E-state index contributed by atoms with van der Waals surface area (Å²) in [6.07, 6.45) is 0.971. The number of hydrogen-bond acceptors (Lipinski definition) is 9. The van der Waals surface area contributed by atoms with Crippen molar-refractivity contribution in [2.45, 2.75) is 49.8 Å². The lowest BCUT2D eigenvalue weighted by Crippen LogP contribution is -2.61. The van der Waals surface area contributed by atoms with Gasteiger partial charge >= 0.3 is 0 Å². The number of rotatable bonds is 4. The molecule has 8 unspecified atom stereocenters. The fraction of sp³-hybridized carbons (Fsp3) is 0.913. The van der Waals surface area contributed by atoms with Gasteiger partial charge in [0.05, 0.1) is 24.3 Å². The van der Waals surface area contributed by atoms with E-state index in [0.29, 0.717) is 11.8 Å². The zero-order valence-corrected chi connectivity index (χ0v) is 20.7. The molecule has 0 aromatic rings. The van der Waals surface area contributed by atoms with Gasteiger partial charge in [-0.25, -0.2) is 14.8 Å². The number of piperazine rings is 1. The molecule has 0 radical (unpaired) electrons. The first-order valence-corrected chi connectivity index (χ1v) is 13.3. The summed E-state index contributed by atoms with van der Waals surface area (Å²) in [4.78, 5) is 30.6. The van der Waals surface area contributed by atoms with Gasteiger partial charge in [-0.2, -0.15) is 0 Å². The summed E-state index contributed by atoms with van der Waals surface area (Å²) in [5.74, 6) is 0.400. The van der Waals surface area contributed by atoms with Crippen LogP contribution in [0.2, 0.25) is 0 Å². The Morgan fingerprint density at radius 2 is 1.83 bits per heavy atom. The predicted molar refractivity (Wildman–Crippen MR) is 129 cm³/mol. The number of piperidine rings is 2. The van der Waals surface area contributed by atoms with E-state index in [-0.39, 0.29) is 43.2 Å². The van der Waals surface area contributed by atoms with E-state index in [0.717, 1.165) is 65.1 Å². The number of hydrazine groups is 1. The van der Waals surface area contributed by atoms with Gasteiger partial charge in [0.15, 0.2) is 0 Å². The van der Waals surface area contributed by atoms with Crippen molar-refractivity contribution in [2.75, 3.05) is 66.0 Å². The second-order valence-electron chi connectivity index (χ2n) is 11.0. The highest BCUT2D eigenvalue weighted by molar-refractivity contribution is 5.82. The molecule has 5 aliphatic rings. The molecule has 2 amide bonds. The highest BCUT2D eigenvalue weighted by Crippen LogP contribution is 2.30. The summed E-state index contributed by atoms with van der Waals surface area (Å²) in [6.45, 7) is 6.37. The van der Waals surface area contributed by atoms with E-state index >= 15 is 0 Å². The highest BCUT2D eigenvalue weighted by atomic mass is 19.1. The molecule has 5 heterocycles. The van der Waals surface area contributed by atoms with Gasteiger partial charge in [0.2, 0.25) is 11.8 Å². The van der Waals surface area contributed by atoms with Crippen molar-refractivity contribution in [3.05, 3.63) is 0 Å². The molecule has 198 valence electrons. The van der Waals surface area contributed by atoms with Gasteiger partial charge in [0, 0.05) is 51.9 Å². The molecular weight excluding hydrogens is 453 g/mol. The number of fused-ring (bicyclic) bond motifs is 1. The summed E-state index contributed by atoms with van der Waals surface area (Å²) < 4.78 is 13.8. The number of amides is 2. The van der Waals surface area contributed by atoms with Crippen LogP contribution in [-0.4, -0.2) is 123 Å². The number of nitrogens with one attached hydrogen (secondary N) is 5. The summed E-state index contributed by atoms with van der Waals surface area (Å²) in [5.41, 5.74) is 9.30. The molecule has 7 N–H and O–H groups in total. The standard InChI is InChI=1S/C23H42FN9O2/c1-31-6-8-32(9-7-31)23(35)17-3-2-14(10-27-17)16-4-5-26-12-18(16)29-22(34)19-20(25)30-33-13-15(24)11-28-21(19)33/h14-21,26-28,30H,2-13,25H2,1H3,(H,29,34). The third-order valence-electron chi connectivity index (χ3n) is 8.66. The average molecular weight is 496 g/mol. The Hall–Kier alpha value is -1.41. The van der Waals surface area contributed by atoms with Crippen molar-refractivity contribution in [1.29, 1.82) is 0 Å². The van der Waals surface area contributed by atoms with Gasteiger partial charge in [0.25, 0.3) is 0 Å². The molecule has 0 aromatic carbocycles. The smallest absolute Gasteiger partial charge is 0.239 e. The summed E-state index contributed by atoms with van der Waals surface area (Å²) >= 11 is 0. The molecular formula is C23H42FN9O2. The highest BCUT2D eigenvalue weighted by Gasteiger charge is 2.48. The zero-order valence-electron chi connectivity index (χ0n) is 20.7. The molecule has 11 nitrogen and oxygen atoms in total. The molecule has 12 heteroatoms. The van der Waals surface area contributed by atoms with Crippen molar-refractivity contribution >= 4 is 11.8 Å². The summed E-state index contributed by atoms with van der Waals surface area (Å²) in [5, 5.41) is 15.1. The van der Waals surface area contributed by atoms with Crippen LogP contribution in [0, 0.1) is 17.8 Å². The molecule has 0 bridgehead atoms. The molecule has 0 saturated carbocycles. The van der Waals surface area contributed by atoms with E-state index < -0.39 is 18.3 Å². The monoisotopic (exact) mass is 495 g/mol. The van der Waals surface area contributed by atoms with E-state index in [1.54, 1.807) is 5.01 Å². The maximum Gasteiger partial charge on any atom is 0.239 e. The van der Waals surface area contributed by atoms with Gasteiger partial charge in [-0.05, 0) is 51.2 Å². The Balaban J connectivity index is 1.15. The lowest BCUT2D eigenvalue weighted by Gasteiger charge is -2.42. The van der Waals surface area contributed by atoms with Gasteiger partial charge in [0.1, 0.15) is 6.17 Å². The number of carbonyl (C=O) groups excluding carboxylic acids is 2. The predicted octanol–water partition coefficient (Wildman–Crippen LogP) is -2.79. The second kappa shape index (κ2) is 10.9. The number of nitrogens with two attached hydrogens (primary N) is 1. The minimum atomic E-state index is -0.981. The van der Waals surface area contributed by atoms with E-state index in [2.05, 4.69) is 38.6 Å². The topological polar surface area (TPSA) is 130 Å². The molecule has 0 aliphatic carbocycles. The van der Waals surface area contributed by atoms with Crippen molar-refractivity contribution < 1.29 is 14.0 Å². The number of carbonyl (C=O) groups is 2. The van der Waals surface area contributed by atoms with E-state index in [1.165, 1.54) is 0 Å². The molecule has 0 aromatic heterocycles. The number of hydrogen-bond donors (Lipinski definition) is 6. The van der Waals surface area contributed by atoms with E-state index in [1.807, 2.05) is 4.90 Å². The van der Waals surface area contributed by atoms with Crippen LogP contribution in [0.3, 0.4) is 0 Å². The SMILES string of the molecule is CN1CCN(C(=O)C2CCC(C3CCNCC3NC(=O)C3C(N)NN4CC(F)CNC34)CN2)CC1. The Kier molecular flexibility index (Phi) is 7.87. The number of likely N-dealkylation sites (N-methyl/N-ethyl adjacent to an activating group) is 1. The van der Waals surface area contributed by atoms with Crippen LogP contribution in [0.25, 0.3) is 0 Å². The van der Waals surface area contributed by atoms with Crippen molar-refractivity contribution in [2.24, 2.45) is 23.5 Å². The first-order chi connectivity index (χ1) is 16.9. The molecule has 5 saturated heterocycles.